The van der Waals surface area contributed by atoms with Gasteiger partial charge < -0.3 is 10.1 Å². The van der Waals surface area contributed by atoms with E-state index < -0.39 is 16.6 Å². The second-order valence-electron chi connectivity index (χ2n) is 4.11. The molecule has 0 fully saturated rings. The van der Waals surface area contributed by atoms with Gasteiger partial charge in [-0.05, 0) is 18.2 Å². The predicted molar refractivity (Wildman–Crippen MR) is 74.0 cm³/mol. The Balaban J connectivity index is 2.22. The molecule has 0 spiro atoms. The SMILES string of the molecule is COc1ccc(C(=O)Nc2cccc([N+](=O)[O-])c2)c(F)c1. The van der Waals surface area contributed by atoms with Gasteiger partial charge in [-0.2, -0.15) is 0 Å². The molecule has 0 saturated carbocycles. The summed E-state index contributed by atoms with van der Waals surface area (Å²) in [5.41, 5.74) is -0.130. The molecule has 0 radical (unpaired) electrons. The molecular weight excluding hydrogens is 279 g/mol. The number of halogens is 1. The standard InChI is InChI=1S/C14H11FN2O4/c1-21-11-5-6-12(13(15)8-11)14(18)16-9-3-2-4-10(7-9)17(19)20/h2-8H,1H3,(H,16,18). The summed E-state index contributed by atoms with van der Waals surface area (Å²) >= 11 is 0. The van der Waals surface area contributed by atoms with Crippen molar-refractivity contribution in [1.82, 2.24) is 0 Å². The topological polar surface area (TPSA) is 81.5 Å². The lowest BCUT2D eigenvalue weighted by atomic mass is 10.2. The summed E-state index contributed by atoms with van der Waals surface area (Å²) in [6.07, 6.45) is 0. The van der Waals surface area contributed by atoms with E-state index in [9.17, 15) is 19.3 Å². The molecular formula is C14H11FN2O4. The summed E-state index contributed by atoms with van der Waals surface area (Å²) in [5.74, 6) is -1.15. The summed E-state index contributed by atoms with van der Waals surface area (Å²) in [5, 5.41) is 13.1. The van der Waals surface area contributed by atoms with Crippen LogP contribution in [0, 0.1) is 15.9 Å². The van der Waals surface area contributed by atoms with Crippen molar-refractivity contribution in [3.8, 4) is 5.75 Å². The lowest BCUT2D eigenvalue weighted by Gasteiger charge is -2.07. The first-order valence-electron chi connectivity index (χ1n) is 5.90. The Kier molecular flexibility index (Phi) is 4.13. The molecule has 6 nitrogen and oxygen atoms in total. The number of nitrogens with zero attached hydrogens (tertiary/aromatic N) is 1. The largest absolute Gasteiger partial charge is 0.497 e. The van der Waals surface area contributed by atoms with Crippen molar-refractivity contribution in [2.45, 2.75) is 0 Å². The summed E-state index contributed by atoms with van der Waals surface area (Å²) in [4.78, 5) is 22.0. The fourth-order valence-corrected chi connectivity index (χ4v) is 1.70. The van der Waals surface area contributed by atoms with Crippen LogP contribution < -0.4 is 10.1 Å². The van der Waals surface area contributed by atoms with Gasteiger partial charge in [0.1, 0.15) is 11.6 Å². The van der Waals surface area contributed by atoms with Gasteiger partial charge in [0, 0.05) is 23.9 Å². The number of rotatable bonds is 4. The Bertz CT molecular complexity index is 703. The van der Waals surface area contributed by atoms with Crippen LogP contribution in [0.25, 0.3) is 0 Å². The predicted octanol–water partition coefficient (Wildman–Crippen LogP) is 2.99. The number of nitro benzene ring substituents is 1. The van der Waals surface area contributed by atoms with Crippen molar-refractivity contribution in [2.75, 3.05) is 12.4 Å². The molecule has 0 bridgehead atoms. The van der Waals surface area contributed by atoms with Crippen molar-refractivity contribution in [2.24, 2.45) is 0 Å². The number of carbonyl (C=O) groups excluding carboxylic acids is 1. The number of methoxy groups -OCH3 is 1. The molecule has 2 aromatic rings. The molecule has 21 heavy (non-hydrogen) atoms. The summed E-state index contributed by atoms with van der Waals surface area (Å²) in [7, 11) is 1.39. The number of hydrogen-bond acceptors (Lipinski definition) is 4. The fourth-order valence-electron chi connectivity index (χ4n) is 1.70. The van der Waals surface area contributed by atoms with Gasteiger partial charge in [-0.1, -0.05) is 6.07 Å². The molecule has 0 aliphatic heterocycles. The van der Waals surface area contributed by atoms with E-state index in [1.807, 2.05) is 0 Å². The molecule has 1 N–H and O–H groups in total. The zero-order valence-corrected chi connectivity index (χ0v) is 11.0. The van der Waals surface area contributed by atoms with Gasteiger partial charge in [-0.25, -0.2) is 4.39 Å². The van der Waals surface area contributed by atoms with Crippen molar-refractivity contribution < 1.29 is 18.8 Å². The molecule has 0 heterocycles. The van der Waals surface area contributed by atoms with E-state index in [1.54, 1.807) is 0 Å². The number of benzene rings is 2. The first-order chi connectivity index (χ1) is 10.0. The van der Waals surface area contributed by atoms with Crippen molar-refractivity contribution in [1.29, 1.82) is 0 Å². The lowest BCUT2D eigenvalue weighted by molar-refractivity contribution is -0.384. The second-order valence-corrected chi connectivity index (χ2v) is 4.11. The van der Waals surface area contributed by atoms with Crippen LogP contribution in [-0.2, 0) is 0 Å². The fraction of sp³-hybridized carbons (Fsp3) is 0.0714. The number of hydrogen-bond donors (Lipinski definition) is 1. The highest BCUT2D eigenvalue weighted by molar-refractivity contribution is 6.04. The Morgan fingerprint density at radius 1 is 1.29 bits per heavy atom. The number of nitro groups is 1. The van der Waals surface area contributed by atoms with Crippen LogP contribution >= 0.6 is 0 Å². The number of anilines is 1. The summed E-state index contributed by atoms with van der Waals surface area (Å²) < 4.78 is 18.6. The maximum absolute atomic E-state index is 13.7. The van der Waals surface area contributed by atoms with Crippen LogP contribution in [0.1, 0.15) is 10.4 Å². The first kappa shape index (κ1) is 14.4. The number of nitrogens with one attached hydrogen (secondary N) is 1. The smallest absolute Gasteiger partial charge is 0.271 e. The van der Waals surface area contributed by atoms with Crippen LogP contribution in [0.2, 0.25) is 0 Å². The Hall–Kier alpha value is -2.96. The third-order valence-corrected chi connectivity index (χ3v) is 2.74. The van der Waals surface area contributed by atoms with Gasteiger partial charge in [-0.3, -0.25) is 14.9 Å². The first-order valence-corrected chi connectivity index (χ1v) is 5.90. The van der Waals surface area contributed by atoms with E-state index in [0.717, 1.165) is 6.07 Å². The number of ether oxygens (including phenoxy) is 1. The third-order valence-electron chi connectivity index (χ3n) is 2.74. The van der Waals surface area contributed by atoms with Gasteiger partial charge in [0.2, 0.25) is 0 Å². The Morgan fingerprint density at radius 2 is 2.05 bits per heavy atom. The normalized spacial score (nSPS) is 10.0. The Labute approximate surface area is 119 Å². The molecule has 2 rings (SSSR count). The zero-order valence-electron chi connectivity index (χ0n) is 11.0. The molecule has 0 atom stereocenters. The quantitative estimate of drug-likeness (QED) is 0.693. The minimum atomic E-state index is -0.739. The molecule has 0 unspecified atom stereocenters. The van der Waals surface area contributed by atoms with Crippen molar-refractivity contribution in [3.05, 3.63) is 64.0 Å². The van der Waals surface area contributed by atoms with Crippen molar-refractivity contribution >= 4 is 17.3 Å². The van der Waals surface area contributed by atoms with Crippen LogP contribution in [0.4, 0.5) is 15.8 Å². The molecule has 0 saturated heterocycles. The number of carbonyl (C=O) groups is 1. The van der Waals surface area contributed by atoms with Gasteiger partial charge >= 0.3 is 0 Å². The van der Waals surface area contributed by atoms with Gasteiger partial charge in [0.05, 0.1) is 17.6 Å². The lowest BCUT2D eigenvalue weighted by Crippen LogP contribution is -2.13. The van der Waals surface area contributed by atoms with Crippen LogP contribution in [0.5, 0.6) is 5.75 Å². The van der Waals surface area contributed by atoms with E-state index >= 15 is 0 Å². The minimum absolute atomic E-state index is 0.164. The number of amides is 1. The average molecular weight is 290 g/mol. The summed E-state index contributed by atoms with van der Waals surface area (Å²) in [6, 6.07) is 9.21. The van der Waals surface area contributed by atoms with Crippen LogP contribution in [0.15, 0.2) is 42.5 Å². The molecule has 2 aromatic carbocycles. The van der Waals surface area contributed by atoms with Gasteiger partial charge in [-0.15, -0.1) is 0 Å². The van der Waals surface area contributed by atoms with E-state index in [0.29, 0.717) is 5.75 Å². The van der Waals surface area contributed by atoms with E-state index in [-0.39, 0.29) is 16.9 Å². The monoisotopic (exact) mass is 290 g/mol. The Morgan fingerprint density at radius 3 is 2.67 bits per heavy atom. The van der Waals surface area contributed by atoms with Crippen LogP contribution in [0.3, 0.4) is 0 Å². The second kappa shape index (κ2) is 6.00. The number of non-ortho nitro benzene ring substituents is 1. The van der Waals surface area contributed by atoms with E-state index in [2.05, 4.69) is 5.32 Å². The minimum Gasteiger partial charge on any atom is -0.497 e. The molecule has 0 aromatic heterocycles. The molecule has 0 aliphatic rings. The molecule has 7 heteroatoms. The maximum atomic E-state index is 13.7. The average Bonchev–Trinajstić information content (AvgIpc) is 2.47. The molecule has 1 amide bonds. The molecule has 108 valence electrons. The highest BCUT2D eigenvalue weighted by Crippen LogP contribution is 2.20. The van der Waals surface area contributed by atoms with Gasteiger partial charge in [0.15, 0.2) is 0 Å². The maximum Gasteiger partial charge on any atom is 0.271 e. The van der Waals surface area contributed by atoms with Crippen molar-refractivity contribution in [3.63, 3.8) is 0 Å². The highest BCUT2D eigenvalue weighted by atomic mass is 19.1. The van der Waals surface area contributed by atoms with E-state index in [4.69, 9.17) is 4.74 Å². The molecule has 0 aliphatic carbocycles. The highest BCUT2D eigenvalue weighted by Gasteiger charge is 2.14. The third kappa shape index (κ3) is 3.33. The van der Waals surface area contributed by atoms with E-state index in [1.165, 1.54) is 43.5 Å². The summed E-state index contributed by atoms with van der Waals surface area (Å²) in [6.45, 7) is 0. The van der Waals surface area contributed by atoms with Gasteiger partial charge in [0.25, 0.3) is 11.6 Å². The van der Waals surface area contributed by atoms with Crippen LogP contribution in [-0.4, -0.2) is 17.9 Å². The zero-order chi connectivity index (χ0) is 15.4.